The first-order valence-electron chi connectivity index (χ1n) is 7.41. The topological polar surface area (TPSA) is 77.1 Å². The van der Waals surface area contributed by atoms with Gasteiger partial charge in [-0.15, -0.1) is 5.10 Å². The second kappa shape index (κ2) is 7.67. The van der Waals surface area contributed by atoms with Crippen LogP contribution in [0.3, 0.4) is 0 Å². The molecule has 0 saturated heterocycles. The molecule has 25 heavy (non-hydrogen) atoms. The predicted molar refractivity (Wildman–Crippen MR) is 97.0 cm³/mol. The maximum absolute atomic E-state index is 12.1. The number of hydrogen-bond acceptors (Lipinski definition) is 5. The van der Waals surface area contributed by atoms with E-state index in [1.807, 2.05) is 18.2 Å². The highest BCUT2D eigenvalue weighted by molar-refractivity contribution is 9.10. The lowest BCUT2D eigenvalue weighted by Crippen LogP contribution is -2.07. The van der Waals surface area contributed by atoms with Crippen molar-refractivity contribution in [2.75, 3.05) is 6.61 Å². The summed E-state index contributed by atoms with van der Waals surface area (Å²) in [6, 6.07) is 12.6. The second-order valence-corrected chi connectivity index (χ2v) is 6.15. The van der Waals surface area contributed by atoms with Crippen LogP contribution in [0, 0.1) is 0 Å². The van der Waals surface area contributed by atoms with Gasteiger partial charge in [0.25, 0.3) is 0 Å². The van der Waals surface area contributed by atoms with Crippen LogP contribution in [-0.2, 0) is 4.74 Å². The SMILES string of the molecule is CCOC(=O)c1n[nH]nc1-c1c(Br)ccc(Cl)c1Oc1ccccc1. The molecule has 0 atom stereocenters. The molecule has 1 aromatic heterocycles. The molecule has 3 aromatic rings. The molecule has 1 heterocycles. The number of halogens is 2. The van der Waals surface area contributed by atoms with E-state index in [1.165, 1.54) is 0 Å². The van der Waals surface area contributed by atoms with Gasteiger partial charge >= 0.3 is 5.97 Å². The third kappa shape index (κ3) is 3.67. The molecule has 0 aliphatic rings. The van der Waals surface area contributed by atoms with Crippen molar-refractivity contribution in [1.29, 1.82) is 0 Å². The fourth-order valence-electron chi connectivity index (χ4n) is 2.21. The Kier molecular flexibility index (Phi) is 5.35. The fourth-order valence-corrected chi connectivity index (χ4v) is 2.90. The number of H-pyrrole nitrogens is 1. The van der Waals surface area contributed by atoms with Crippen molar-refractivity contribution < 1.29 is 14.3 Å². The van der Waals surface area contributed by atoms with Crippen molar-refractivity contribution in [2.45, 2.75) is 6.92 Å². The van der Waals surface area contributed by atoms with E-state index in [2.05, 4.69) is 31.3 Å². The standard InChI is InChI=1S/C17H13BrClN3O3/c1-2-24-17(23)15-14(20-22-21-15)13-11(18)8-9-12(19)16(13)25-10-6-4-3-5-7-10/h3-9H,2H2,1H3,(H,20,21,22). The quantitative estimate of drug-likeness (QED) is 0.594. The number of carbonyl (C=O) groups excluding carboxylic acids is 1. The van der Waals surface area contributed by atoms with Crippen molar-refractivity contribution in [1.82, 2.24) is 15.4 Å². The minimum Gasteiger partial charge on any atom is -0.461 e. The Morgan fingerprint density at radius 2 is 1.96 bits per heavy atom. The van der Waals surface area contributed by atoms with Gasteiger partial charge < -0.3 is 9.47 Å². The van der Waals surface area contributed by atoms with Gasteiger partial charge in [-0.2, -0.15) is 10.3 Å². The van der Waals surface area contributed by atoms with Gasteiger partial charge in [0.05, 0.1) is 17.2 Å². The molecule has 0 aliphatic heterocycles. The van der Waals surface area contributed by atoms with E-state index in [0.717, 1.165) is 0 Å². The molecule has 1 N–H and O–H groups in total. The summed E-state index contributed by atoms with van der Waals surface area (Å²) in [6.07, 6.45) is 0. The van der Waals surface area contributed by atoms with Gasteiger partial charge in [0.15, 0.2) is 11.4 Å². The van der Waals surface area contributed by atoms with Crippen molar-refractivity contribution in [2.24, 2.45) is 0 Å². The first kappa shape index (κ1) is 17.4. The number of nitrogens with zero attached hydrogens (tertiary/aromatic N) is 2. The first-order valence-corrected chi connectivity index (χ1v) is 8.58. The average Bonchev–Trinajstić information content (AvgIpc) is 3.09. The Labute approximate surface area is 157 Å². The van der Waals surface area contributed by atoms with Crippen LogP contribution in [0.15, 0.2) is 46.9 Å². The number of nitrogens with one attached hydrogen (secondary N) is 1. The zero-order valence-corrected chi connectivity index (χ0v) is 15.5. The van der Waals surface area contributed by atoms with Crippen LogP contribution in [0.4, 0.5) is 0 Å². The number of aromatic nitrogens is 3. The normalized spacial score (nSPS) is 10.5. The molecule has 0 amide bonds. The van der Waals surface area contributed by atoms with E-state index in [0.29, 0.717) is 32.3 Å². The highest BCUT2D eigenvalue weighted by Gasteiger charge is 2.25. The maximum atomic E-state index is 12.1. The Bertz CT molecular complexity index is 899. The lowest BCUT2D eigenvalue weighted by molar-refractivity contribution is 0.0520. The third-order valence-corrected chi connectivity index (χ3v) is 4.23. The number of rotatable bonds is 5. The molecule has 0 aliphatic carbocycles. The molecule has 0 saturated carbocycles. The second-order valence-electron chi connectivity index (χ2n) is 4.89. The summed E-state index contributed by atoms with van der Waals surface area (Å²) in [5.41, 5.74) is 0.856. The molecular weight excluding hydrogens is 410 g/mol. The van der Waals surface area contributed by atoms with E-state index < -0.39 is 5.97 Å². The number of aromatic amines is 1. The first-order chi connectivity index (χ1) is 12.1. The largest absolute Gasteiger partial charge is 0.461 e. The number of ether oxygens (including phenoxy) is 2. The number of hydrogen-bond donors (Lipinski definition) is 1. The third-order valence-electron chi connectivity index (χ3n) is 3.28. The minimum atomic E-state index is -0.580. The Morgan fingerprint density at radius 3 is 2.68 bits per heavy atom. The van der Waals surface area contributed by atoms with Crippen LogP contribution in [0.25, 0.3) is 11.3 Å². The molecule has 0 unspecified atom stereocenters. The molecule has 0 bridgehead atoms. The smallest absolute Gasteiger partial charge is 0.361 e. The maximum Gasteiger partial charge on any atom is 0.361 e. The number of benzene rings is 2. The summed E-state index contributed by atoms with van der Waals surface area (Å²) in [7, 11) is 0. The van der Waals surface area contributed by atoms with Gasteiger partial charge in [0.1, 0.15) is 11.4 Å². The van der Waals surface area contributed by atoms with Crippen molar-refractivity contribution in [3.05, 3.63) is 57.7 Å². The number of carbonyl (C=O) groups is 1. The van der Waals surface area contributed by atoms with Crippen molar-refractivity contribution in [3.63, 3.8) is 0 Å². The van der Waals surface area contributed by atoms with Gasteiger partial charge in [0.2, 0.25) is 0 Å². The van der Waals surface area contributed by atoms with Gasteiger partial charge in [-0.3, -0.25) is 0 Å². The van der Waals surface area contributed by atoms with Crippen LogP contribution in [0.2, 0.25) is 5.02 Å². The van der Waals surface area contributed by atoms with Crippen molar-refractivity contribution >= 4 is 33.5 Å². The summed E-state index contributed by atoms with van der Waals surface area (Å²) in [5.74, 6) is 0.385. The summed E-state index contributed by atoms with van der Waals surface area (Å²) in [6.45, 7) is 1.95. The molecule has 0 spiro atoms. The Balaban J connectivity index is 2.12. The Morgan fingerprint density at radius 1 is 1.20 bits per heavy atom. The van der Waals surface area contributed by atoms with Crippen LogP contribution >= 0.6 is 27.5 Å². The van der Waals surface area contributed by atoms with Gasteiger partial charge in [-0.1, -0.05) is 29.8 Å². The zero-order chi connectivity index (χ0) is 17.8. The molecule has 6 nitrogen and oxygen atoms in total. The fraction of sp³-hybridized carbons (Fsp3) is 0.118. The lowest BCUT2D eigenvalue weighted by atomic mass is 10.1. The van der Waals surface area contributed by atoms with Crippen LogP contribution in [-0.4, -0.2) is 28.0 Å². The molecule has 0 fully saturated rings. The van der Waals surface area contributed by atoms with Crippen LogP contribution < -0.4 is 4.74 Å². The minimum absolute atomic E-state index is 0.0581. The zero-order valence-electron chi connectivity index (χ0n) is 13.1. The van der Waals surface area contributed by atoms with Gasteiger partial charge in [-0.05, 0) is 47.1 Å². The van der Waals surface area contributed by atoms with E-state index in [9.17, 15) is 4.79 Å². The predicted octanol–water partition coefficient (Wildman–Crippen LogP) is 4.86. The monoisotopic (exact) mass is 421 g/mol. The molecule has 128 valence electrons. The molecule has 3 rings (SSSR count). The molecule has 2 aromatic carbocycles. The average molecular weight is 423 g/mol. The highest BCUT2D eigenvalue weighted by Crippen LogP contribution is 2.43. The van der Waals surface area contributed by atoms with Crippen LogP contribution in [0.1, 0.15) is 17.4 Å². The van der Waals surface area contributed by atoms with E-state index in [-0.39, 0.29) is 12.3 Å². The van der Waals surface area contributed by atoms with E-state index >= 15 is 0 Å². The summed E-state index contributed by atoms with van der Waals surface area (Å²) in [4.78, 5) is 12.1. The van der Waals surface area contributed by atoms with E-state index in [4.69, 9.17) is 21.1 Å². The van der Waals surface area contributed by atoms with E-state index in [1.54, 1.807) is 31.2 Å². The molecule has 0 radical (unpaired) electrons. The highest BCUT2D eigenvalue weighted by atomic mass is 79.9. The molecule has 8 heteroatoms. The summed E-state index contributed by atoms with van der Waals surface area (Å²) in [5, 5.41) is 10.8. The lowest BCUT2D eigenvalue weighted by Gasteiger charge is -2.13. The van der Waals surface area contributed by atoms with Gasteiger partial charge in [-0.25, -0.2) is 4.79 Å². The number of esters is 1. The summed E-state index contributed by atoms with van der Waals surface area (Å²) >= 11 is 9.81. The Hall–Kier alpha value is -2.38. The van der Waals surface area contributed by atoms with Crippen molar-refractivity contribution in [3.8, 4) is 22.8 Å². The van der Waals surface area contributed by atoms with Crippen LogP contribution in [0.5, 0.6) is 11.5 Å². The number of para-hydroxylation sites is 1. The summed E-state index contributed by atoms with van der Waals surface area (Å²) < 4.78 is 11.6. The van der Waals surface area contributed by atoms with Gasteiger partial charge in [0, 0.05) is 4.47 Å². The molecular formula is C17H13BrClN3O3.